The molecule has 4 heteroatoms. The summed E-state index contributed by atoms with van der Waals surface area (Å²) in [6.07, 6.45) is 2.55. The first-order valence-electron chi connectivity index (χ1n) is 4.58. The summed E-state index contributed by atoms with van der Waals surface area (Å²) in [5, 5.41) is 0. The van der Waals surface area contributed by atoms with Gasteiger partial charge in [0.25, 0.3) is 0 Å². The molecular weight excluding hydrogens is 180 g/mol. The van der Waals surface area contributed by atoms with Crippen molar-refractivity contribution in [3.63, 3.8) is 0 Å². The molecule has 0 aliphatic carbocycles. The van der Waals surface area contributed by atoms with E-state index in [9.17, 15) is 4.79 Å². The van der Waals surface area contributed by atoms with E-state index in [1.807, 2.05) is 6.07 Å². The summed E-state index contributed by atoms with van der Waals surface area (Å²) in [4.78, 5) is 15.1. The average molecular weight is 194 g/mol. The molecule has 0 spiro atoms. The number of carbonyl (C=O) groups is 1. The van der Waals surface area contributed by atoms with Crippen LogP contribution in [0.15, 0.2) is 18.3 Å². The van der Waals surface area contributed by atoms with E-state index in [0.717, 1.165) is 5.69 Å². The predicted octanol–water partition coefficient (Wildman–Crippen LogP) is 1.16. The van der Waals surface area contributed by atoms with E-state index in [1.54, 1.807) is 19.2 Å². The zero-order valence-corrected chi connectivity index (χ0v) is 8.19. The maximum absolute atomic E-state index is 11.0. The maximum Gasteiger partial charge on any atom is 0.306 e. The van der Waals surface area contributed by atoms with Crippen molar-refractivity contribution in [2.75, 3.05) is 12.3 Å². The molecule has 1 aromatic rings. The lowest BCUT2D eigenvalue weighted by Crippen LogP contribution is -2.05. The molecule has 0 bridgehead atoms. The van der Waals surface area contributed by atoms with Gasteiger partial charge in [0.05, 0.1) is 24.9 Å². The summed E-state index contributed by atoms with van der Waals surface area (Å²) in [5.74, 6) is -0.189. The second-order valence-corrected chi connectivity index (χ2v) is 2.89. The van der Waals surface area contributed by atoms with Crippen molar-refractivity contribution in [3.05, 3.63) is 24.0 Å². The van der Waals surface area contributed by atoms with Gasteiger partial charge in [0, 0.05) is 12.1 Å². The van der Waals surface area contributed by atoms with E-state index >= 15 is 0 Å². The Hall–Kier alpha value is -1.58. The molecule has 2 N–H and O–H groups in total. The number of pyridine rings is 1. The minimum absolute atomic E-state index is 0.189. The summed E-state index contributed by atoms with van der Waals surface area (Å²) >= 11 is 0. The molecule has 1 heterocycles. The highest BCUT2D eigenvalue weighted by atomic mass is 16.5. The van der Waals surface area contributed by atoms with Crippen molar-refractivity contribution in [1.82, 2.24) is 4.98 Å². The molecule has 76 valence electrons. The molecule has 4 nitrogen and oxygen atoms in total. The topological polar surface area (TPSA) is 65.2 Å². The summed E-state index contributed by atoms with van der Waals surface area (Å²) in [6.45, 7) is 2.22. The van der Waals surface area contributed by atoms with Crippen LogP contribution in [0, 0.1) is 0 Å². The summed E-state index contributed by atoms with van der Waals surface area (Å²) < 4.78 is 4.80. The molecule has 0 saturated carbocycles. The Labute approximate surface area is 83.1 Å². The molecule has 0 aromatic carbocycles. The molecule has 0 amide bonds. The van der Waals surface area contributed by atoms with Crippen LogP contribution in [-0.4, -0.2) is 17.6 Å². The van der Waals surface area contributed by atoms with Gasteiger partial charge in [-0.1, -0.05) is 0 Å². The van der Waals surface area contributed by atoms with Crippen LogP contribution in [-0.2, 0) is 16.0 Å². The molecule has 0 unspecified atom stereocenters. The number of rotatable bonds is 4. The molecule has 0 radical (unpaired) electrons. The Balaban J connectivity index is 2.38. The fraction of sp³-hybridized carbons (Fsp3) is 0.400. The van der Waals surface area contributed by atoms with Gasteiger partial charge >= 0.3 is 5.97 Å². The fourth-order valence-corrected chi connectivity index (χ4v) is 1.05. The molecule has 0 fully saturated rings. The quantitative estimate of drug-likeness (QED) is 0.730. The smallest absolute Gasteiger partial charge is 0.306 e. The molecular formula is C10H14N2O2. The van der Waals surface area contributed by atoms with Crippen molar-refractivity contribution >= 4 is 11.7 Å². The lowest BCUT2D eigenvalue weighted by molar-refractivity contribution is -0.143. The third-order valence-corrected chi connectivity index (χ3v) is 1.74. The number of aromatic nitrogens is 1. The molecule has 0 aliphatic rings. The lowest BCUT2D eigenvalue weighted by Gasteiger charge is -2.01. The Morgan fingerprint density at radius 2 is 2.36 bits per heavy atom. The van der Waals surface area contributed by atoms with Crippen molar-refractivity contribution < 1.29 is 9.53 Å². The van der Waals surface area contributed by atoms with Gasteiger partial charge in [0.15, 0.2) is 0 Å². The number of hydrogen-bond donors (Lipinski definition) is 1. The standard InChI is InChI=1S/C10H14N2O2/c1-2-14-10(13)6-5-9-4-3-8(11)7-12-9/h3-4,7H,2,5-6,11H2,1H3. The van der Waals surface area contributed by atoms with E-state index in [1.165, 1.54) is 0 Å². The van der Waals surface area contributed by atoms with Gasteiger partial charge in [-0.3, -0.25) is 9.78 Å². The van der Waals surface area contributed by atoms with Crippen LogP contribution in [0.4, 0.5) is 5.69 Å². The Bertz CT molecular complexity index is 295. The first-order valence-corrected chi connectivity index (χ1v) is 4.58. The number of aryl methyl sites for hydroxylation is 1. The zero-order chi connectivity index (χ0) is 10.4. The van der Waals surface area contributed by atoms with Gasteiger partial charge in [0.1, 0.15) is 0 Å². The van der Waals surface area contributed by atoms with Crippen LogP contribution in [0.5, 0.6) is 0 Å². The third kappa shape index (κ3) is 3.43. The number of anilines is 1. The first kappa shape index (κ1) is 10.5. The van der Waals surface area contributed by atoms with E-state index in [4.69, 9.17) is 10.5 Å². The van der Waals surface area contributed by atoms with Gasteiger partial charge < -0.3 is 10.5 Å². The van der Waals surface area contributed by atoms with Gasteiger partial charge in [-0.05, 0) is 19.1 Å². The number of esters is 1. The number of nitrogen functional groups attached to an aromatic ring is 1. The van der Waals surface area contributed by atoms with Crippen LogP contribution in [0.1, 0.15) is 19.0 Å². The highest BCUT2D eigenvalue weighted by Crippen LogP contribution is 2.04. The van der Waals surface area contributed by atoms with E-state index in [-0.39, 0.29) is 5.97 Å². The molecule has 14 heavy (non-hydrogen) atoms. The second kappa shape index (κ2) is 5.21. The van der Waals surface area contributed by atoms with E-state index in [0.29, 0.717) is 25.1 Å². The fourth-order valence-electron chi connectivity index (χ4n) is 1.05. The summed E-state index contributed by atoms with van der Waals surface area (Å²) in [7, 11) is 0. The highest BCUT2D eigenvalue weighted by Gasteiger charge is 2.02. The highest BCUT2D eigenvalue weighted by molar-refractivity contribution is 5.69. The van der Waals surface area contributed by atoms with Gasteiger partial charge in [-0.2, -0.15) is 0 Å². The predicted molar refractivity (Wildman–Crippen MR) is 53.6 cm³/mol. The normalized spacial score (nSPS) is 9.79. The Kier molecular flexibility index (Phi) is 3.91. The number of nitrogens with zero attached hydrogens (tertiary/aromatic N) is 1. The van der Waals surface area contributed by atoms with Crippen molar-refractivity contribution in [1.29, 1.82) is 0 Å². The van der Waals surface area contributed by atoms with Crippen molar-refractivity contribution in [2.45, 2.75) is 19.8 Å². The van der Waals surface area contributed by atoms with Gasteiger partial charge in [-0.25, -0.2) is 0 Å². The number of hydrogen-bond acceptors (Lipinski definition) is 4. The number of ether oxygens (including phenoxy) is 1. The first-order chi connectivity index (χ1) is 6.72. The Morgan fingerprint density at radius 3 is 2.93 bits per heavy atom. The van der Waals surface area contributed by atoms with E-state index < -0.39 is 0 Å². The number of nitrogens with two attached hydrogens (primary N) is 1. The molecule has 0 atom stereocenters. The van der Waals surface area contributed by atoms with E-state index in [2.05, 4.69) is 4.98 Å². The molecule has 0 saturated heterocycles. The van der Waals surface area contributed by atoms with Crippen LogP contribution >= 0.6 is 0 Å². The van der Waals surface area contributed by atoms with Crippen molar-refractivity contribution in [3.8, 4) is 0 Å². The van der Waals surface area contributed by atoms with Crippen LogP contribution in [0.25, 0.3) is 0 Å². The average Bonchev–Trinajstić information content (AvgIpc) is 2.17. The molecule has 1 aromatic heterocycles. The Morgan fingerprint density at radius 1 is 1.57 bits per heavy atom. The summed E-state index contributed by atoms with van der Waals surface area (Å²) in [6, 6.07) is 3.59. The summed E-state index contributed by atoms with van der Waals surface area (Å²) in [5.41, 5.74) is 6.96. The zero-order valence-electron chi connectivity index (χ0n) is 8.19. The van der Waals surface area contributed by atoms with Crippen LogP contribution in [0.3, 0.4) is 0 Å². The van der Waals surface area contributed by atoms with Crippen LogP contribution < -0.4 is 5.73 Å². The molecule has 0 aliphatic heterocycles. The maximum atomic E-state index is 11.0. The largest absolute Gasteiger partial charge is 0.466 e. The molecule has 1 rings (SSSR count). The SMILES string of the molecule is CCOC(=O)CCc1ccc(N)cn1. The lowest BCUT2D eigenvalue weighted by atomic mass is 10.2. The minimum Gasteiger partial charge on any atom is -0.466 e. The third-order valence-electron chi connectivity index (χ3n) is 1.74. The minimum atomic E-state index is -0.189. The van der Waals surface area contributed by atoms with Crippen molar-refractivity contribution in [2.24, 2.45) is 0 Å². The number of carbonyl (C=O) groups excluding carboxylic acids is 1. The van der Waals surface area contributed by atoms with Gasteiger partial charge in [-0.15, -0.1) is 0 Å². The monoisotopic (exact) mass is 194 g/mol. The van der Waals surface area contributed by atoms with Gasteiger partial charge in [0.2, 0.25) is 0 Å². The van der Waals surface area contributed by atoms with Crippen LogP contribution in [0.2, 0.25) is 0 Å². The second-order valence-electron chi connectivity index (χ2n) is 2.89.